The quantitative estimate of drug-likeness (QED) is 0.682. The SMILES string of the molecule is CC(C)(CO)CCCNC(=O)c1ccc(-c2ccco2)[nH]c1=O. The number of furan rings is 1. The Morgan fingerprint density at radius 1 is 1.35 bits per heavy atom. The Bertz CT molecular complexity index is 702. The van der Waals surface area contributed by atoms with Gasteiger partial charge >= 0.3 is 0 Å². The van der Waals surface area contributed by atoms with Gasteiger partial charge in [-0.3, -0.25) is 9.59 Å². The van der Waals surface area contributed by atoms with Gasteiger partial charge in [0, 0.05) is 13.2 Å². The van der Waals surface area contributed by atoms with Crippen molar-refractivity contribution < 1.29 is 14.3 Å². The molecule has 0 aliphatic rings. The Morgan fingerprint density at radius 2 is 2.13 bits per heavy atom. The van der Waals surface area contributed by atoms with Gasteiger partial charge in [0.1, 0.15) is 11.3 Å². The van der Waals surface area contributed by atoms with Gasteiger partial charge in [0.15, 0.2) is 0 Å². The van der Waals surface area contributed by atoms with Crippen molar-refractivity contribution in [1.29, 1.82) is 0 Å². The molecular formula is C17H22N2O4. The third kappa shape index (κ3) is 4.56. The summed E-state index contributed by atoms with van der Waals surface area (Å²) < 4.78 is 5.21. The van der Waals surface area contributed by atoms with Gasteiger partial charge < -0.3 is 19.8 Å². The smallest absolute Gasteiger partial charge is 0.261 e. The van der Waals surface area contributed by atoms with Gasteiger partial charge in [-0.2, -0.15) is 0 Å². The van der Waals surface area contributed by atoms with E-state index in [1.54, 1.807) is 18.2 Å². The Morgan fingerprint density at radius 3 is 2.74 bits per heavy atom. The topological polar surface area (TPSA) is 95.3 Å². The monoisotopic (exact) mass is 318 g/mol. The van der Waals surface area contributed by atoms with Crippen molar-refractivity contribution in [2.75, 3.05) is 13.2 Å². The van der Waals surface area contributed by atoms with Crippen LogP contribution in [0.15, 0.2) is 39.7 Å². The van der Waals surface area contributed by atoms with Gasteiger partial charge in [-0.15, -0.1) is 0 Å². The molecule has 3 N–H and O–H groups in total. The van der Waals surface area contributed by atoms with Crippen molar-refractivity contribution in [3.8, 4) is 11.5 Å². The van der Waals surface area contributed by atoms with Crippen molar-refractivity contribution in [3.05, 3.63) is 46.4 Å². The first kappa shape index (κ1) is 17.0. The number of hydrogen-bond donors (Lipinski definition) is 3. The van der Waals surface area contributed by atoms with E-state index in [2.05, 4.69) is 10.3 Å². The Kier molecular flexibility index (Phi) is 5.39. The largest absolute Gasteiger partial charge is 0.463 e. The van der Waals surface area contributed by atoms with E-state index >= 15 is 0 Å². The first-order chi connectivity index (χ1) is 10.9. The normalized spacial score (nSPS) is 11.4. The lowest BCUT2D eigenvalue weighted by molar-refractivity contribution is 0.0947. The third-order valence-corrected chi connectivity index (χ3v) is 3.68. The molecule has 1 amide bonds. The first-order valence-electron chi connectivity index (χ1n) is 7.59. The summed E-state index contributed by atoms with van der Waals surface area (Å²) in [7, 11) is 0. The molecule has 0 saturated heterocycles. The van der Waals surface area contributed by atoms with E-state index in [1.807, 2.05) is 13.8 Å². The van der Waals surface area contributed by atoms with E-state index in [9.17, 15) is 14.7 Å². The summed E-state index contributed by atoms with van der Waals surface area (Å²) in [5.74, 6) is 0.138. The molecule has 0 aromatic carbocycles. The van der Waals surface area contributed by atoms with Gasteiger partial charge in [-0.1, -0.05) is 13.8 Å². The van der Waals surface area contributed by atoms with Crippen LogP contribution in [0.3, 0.4) is 0 Å². The lowest BCUT2D eigenvalue weighted by atomic mass is 9.89. The van der Waals surface area contributed by atoms with Crippen LogP contribution in [0.4, 0.5) is 0 Å². The van der Waals surface area contributed by atoms with Crippen LogP contribution in [0.2, 0.25) is 0 Å². The number of pyridine rings is 1. The maximum absolute atomic E-state index is 12.1. The highest BCUT2D eigenvalue weighted by Gasteiger charge is 2.16. The number of aliphatic hydroxyl groups is 1. The molecular weight excluding hydrogens is 296 g/mol. The van der Waals surface area contributed by atoms with E-state index in [1.165, 1.54) is 12.3 Å². The molecule has 0 bridgehead atoms. The Labute approximate surface area is 134 Å². The second kappa shape index (κ2) is 7.28. The minimum atomic E-state index is -0.452. The molecule has 0 radical (unpaired) electrons. The molecule has 2 heterocycles. The molecule has 0 aliphatic carbocycles. The highest BCUT2D eigenvalue weighted by Crippen LogP contribution is 2.20. The van der Waals surface area contributed by atoms with Crippen molar-refractivity contribution in [2.24, 2.45) is 5.41 Å². The summed E-state index contributed by atoms with van der Waals surface area (Å²) in [6.45, 7) is 4.50. The number of nitrogens with one attached hydrogen (secondary N) is 2. The van der Waals surface area contributed by atoms with Crippen LogP contribution < -0.4 is 10.9 Å². The zero-order chi connectivity index (χ0) is 16.9. The van der Waals surface area contributed by atoms with Crippen LogP contribution >= 0.6 is 0 Å². The number of aromatic amines is 1. The number of carbonyl (C=O) groups excluding carboxylic acids is 1. The van der Waals surface area contributed by atoms with E-state index < -0.39 is 11.5 Å². The number of aliphatic hydroxyl groups excluding tert-OH is 1. The van der Waals surface area contributed by atoms with E-state index in [-0.39, 0.29) is 17.6 Å². The Balaban J connectivity index is 1.94. The molecule has 2 aromatic heterocycles. The third-order valence-electron chi connectivity index (χ3n) is 3.68. The van der Waals surface area contributed by atoms with Crippen molar-refractivity contribution >= 4 is 5.91 Å². The summed E-state index contributed by atoms with van der Waals surface area (Å²) in [6.07, 6.45) is 3.04. The zero-order valence-electron chi connectivity index (χ0n) is 13.4. The lowest BCUT2D eigenvalue weighted by Crippen LogP contribution is -2.31. The summed E-state index contributed by atoms with van der Waals surface area (Å²) in [5.41, 5.74) is -0.0116. The summed E-state index contributed by atoms with van der Waals surface area (Å²) in [5, 5.41) is 11.9. The van der Waals surface area contributed by atoms with Crippen LogP contribution in [0.25, 0.3) is 11.5 Å². The van der Waals surface area contributed by atoms with Gasteiger partial charge in [-0.05, 0) is 42.5 Å². The molecule has 0 unspecified atom stereocenters. The maximum atomic E-state index is 12.1. The molecule has 0 atom stereocenters. The van der Waals surface area contributed by atoms with Gasteiger partial charge in [-0.25, -0.2) is 0 Å². The molecule has 2 rings (SSSR count). The van der Waals surface area contributed by atoms with Gasteiger partial charge in [0.25, 0.3) is 11.5 Å². The predicted molar refractivity (Wildman–Crippen MR) is 87.2 cm³/mol. The van der Waals surface area contributed by atoms with Crippen LogP contribution in [0.1, 0.15) is 37.0 Å². The molecule has 2 aromatic rings. The Hall–Kier alpha value is -2.34. The fourth-order valence-electron chi connectivity index (χ4n) is 2.17. The van der Waals surface area contributed by atoms with Gasteiger partial charge in [0.05, 0.1) is 12.0 Å². The van der Waals surface area contributed by atoms with E-state index in [0.717, 1.165) is 12.8 Å². The fraction of sp³-hybridized carbons (Fsp3) is 0.412. The number of carbonyl (C=O) groups is 1. The molecule has 0 saturated carbocycles. The van der Waals surface area contributed by atoms with Crippen LogP contribution in [-0.2, 0) is 0 Å². The highest BCUT2D eigenvalue weighted by molar-refractivity contribution is 5.93. The van der Waals surface area contributed by atoms with Crippen LogP contribution in [-0.4, -0.2) is 29.1 Å². The minimum absolute atomic E-state index is 0.0710. The second-order valence-corrected chi connectivity index (χ2v) is 6.27. The van der Waals surface area contributed by atoms with Crippen molar-refractivity contribution in [3.63, 3.8) is 0 Å². The van der Waals surface area contributed by atoms with E-state index in [0.29, 0.717) is 18.0 Å². The average Bonchev–Trinajstić information content (AvgIpc) is 3.05. The summed E-state index contributed by atoms with van der Waals surface area (Å²) >= 11 is 0. The van der Waals surface area contributed by atoms with Crippen LogP contribution in [0.5, 0.6) is 0 Å². The van der Waals surface area contributed by atoms with E-state index in [4.69, 9.17) is 4.42 Å². The molecule has 0 fully saturated rings. The number of H-pyrrole nitrogens is 1. The molecule has 6 heteroatoms. The summed E-state index contributed by atoms with van der Waals surface area (Å²) in [4.78, 5) is 26.7. The molecule has 0 aliphatic heterocycles. The first-order valence-corrected chi connectivity index (χ1v) is 7.59. The number of hydrogen-bond acceptors (Lipinski definition) is 4. The molecule has 0 spiro atoms. The van der Waals surface area contributed by atoms with Crippen molar-refractivity contribution in [2.45, 2.75) is 26.7 Å². The number of amides is 1. The maximum Gasteiger partial charge on any atom is 0.261 e. The minimum Gasteiger partial charge on any atom is -0.463 e. The molecule has 6 nitrogen and oxygen atoms in total. The van der Waals surface area contributed by atoms with Gasteiger partial charge in [0.2, 0.25) is 0 Å². The number of aromatic nitrogens is 1. The lowest BCUT2D eigenvalue weighted by Gasteiger charge is -2.21. The number of rotatable bonds is 7. The highest BCUT2D eigenvalue weighted by atomic mass is 16.3. The van der Waals surface area contributed by atoms with Crippen LogP contribution in [0, 0.1) is 5.41 Å². The molecule has 124 valence electrons. The zero-order valence-corrected chi connectivity index (χ0v) is 13.4. The second-order valence-electron chi connectivity index (χ2n) is 6.27. The summed E-state index contributed by atoms with van der Waals surface area (Å²) in [6, 6.07) is 6.59. The van der Waals surface area contributed by atoms with Crippen molar-refractivity contribution in [1.82, 2.24) is 10.3 Å². The molecule has 23 heavy (non-hydrogen) atoms. The average molecular weight is 318 g/mol. The predicted octanol–water partition coefficient (Wildman–Crippen LogP) is 2.16. The fourth-order valence-corrected chi connectivity index (χ4v) is 2.17. The standard InChI is InChI=1S/C17H22N2O4/c1-17(2,11-20)8-4-9-18-15(21)12-6-7-13(19-16(12)22)14-5-3-10-23-14/h3,5-7,10,20H,4,8-9,11H2,1-2H3,(H,18,21)(H,19,22).